The van der Waals surface area contributed by atoms with E-state index < -0.39 is 0 Å². The van der Waals surface area contributed by atoms with Crippen LogP contribution in [0.4, 0.5) is 15.3 Å². The van der Waals surface area contributed by atoms with Gasteiger partial charge in [0.05, 0.1) is 0 Å². The molecule has 0 spiro atoms. The zero-order chi connectivity index (χ0) is 19.8. The molecular weight excluding hydrogens is 391 g/mol. The molecule has 1 aromatic carbocycles. The molecule has 1 saturated heterocycles. The summed E-state index contributed by atoms with van der Waals surface area (Å²) in [4.78, 5) is 13.2. The van der Waals surface area contributed by atoms with Gasteiger partial charge in [-0.3, -0.25) is 0 Å². The van der Waals surface area contributed by atoms with Crippen molar-refractivity contribution < 1.29 is 4.39 Å². The Hall–Kier alpha value is -3.14. The molecule has 0 atom stereocenters. The van der Waals surface area contributed by atoms with Crippen LogP contribution >= 0.6 is 11.3 Å². The van der Waals surface area contributed by atoms with Gasteiger partial charge in [0.1, 0.15) is 23.0 Å². The molecule has 10 heteroatoms. The summed E-state index contributed by atoms with van der Waals surface area (Å²) in [7, 11) is 0. The summed E-state index contributed by atoms with van der Waals surface area (Å²) < 4.78 is 14.9. The first kappa shape index (κ1) is 17.9. The van der Waals surface area contributed by atoms with Gasteiger partial charge in [-0.2, -0.15) is 14.6 Å². The number of rotatable bonds is 4. The minimum atomic E-state index is -0.225. The van der Waals surface area contributed by atoms with Crippen molar-refractivity contribution in [2.24, 2.45) is 0 Å². The molecule has 0 radical (unpaired) electrons. The zero-order valence-corrected chi connectivity index (χ0v) is 16.7. The lowest BCUT2D eigenvalue weighted by Gasteiger charge is -2.35. The van der Waals surface area contributed by atoms with E-state index in [0.29, 0.717) is 12.2 Å². The number of nitrogens with zero attached hydrogens (tertiary/aromatic N) is 8. The van der Waals surface area contributed by atoms with Gasteiger partial charge >= 0.3 is 0 Å². The van der Waals surface area contributed by atoms with E-state index in [1.807, 2.05) is 13.0 Å². The van der Waals surface area contributed by atoms with Crippen molar-refractivity contribution in [1.82, 2.24) is 29.8 Å². The third-order valence-corrected chi connectivity index (χ3v) is 5.94. The van der Waals surface area contributed by atoms with Gasteiger partial charge in [0, 0.05) is 44.4 Å². The fourth-order valence-corrected chi connectivity index (χ4v) is 4.41. The van der Waals surface area contributed by atoms with Crippen LogP contribution < -0.4 is 9.80 Å². The second kappa shape index (κ2) is 7.36. The number of benzene rings is 1. The van der Waals surface area contributed by atoms with E-state index in [9.17, 15) is 4.39 Å². The summed E-state index contributed by atoms with van der Waals surface area (Å²) in [5.41, 5.74) is 1.96. The average Bonchev–Trinajstić information content (AvgIpc) is 3.39. The molecule has 4 aromatic rings. The highest BCUT2D eigenvalue weighted by atomic mass is 32.1. The summed E-state index contributed by atoms with van der Waals surface area (Å²) >= 11 is 1.60. The molecule has 5 rings (SSSR count). The minimum absolute atomic E-state index is 0.225. The van der Waals surface area contributed by atoms with E-state index in [2.05, 4.69) is 35.1 Å². The van der Waals surface area contributed by atoms with Gasteiger partial charge in [-0.1, -0.05) is 23.5 Å². The first-order chi connectivity index (χ1) is 14.2. The highest BCUT2D eigenvalue weighted by Crippen LogP contribution is 2.25. The van der Waals surface area contributed by atoms with Crippen molar-refractivity contribution in [2.75, 3.05) is 36.0 Å². The Kier molecular flexibility index (Phi) is 4.55. The number of aryl methyl sites for hydroxylation is 1. The van der Waals surface area contributed by atoms with Crippen LogP contribution in [0.1, 0.15) is 16.3 Å². The maximum absolute atomic E-state index is 13.1. The normalized spacial score (nSPS) is 14.7. The Balaban J connectivity index is 1.27. The van der Waals surface area contributed by atoms with Crippen molar-refractivity contribution in [3.05, 3.63) is 58.7 Å². The quantitative estimate of drug-likeness (QED) is 0.511. The molecule has 148 valence electrons. The molecule has 1 aliphatic heterocycles. The predicted octanol–water partition coefficient (Wildman–Crippen LogP) is 2.34. The number of fused-ring (bicyclic) bond motifs is 1. The molecule has 8 nitrogen and oxygen atoms in total. The monoisotopic (exact) mass is 410 g/mol. The fraction of sp³-hybridized carbons (Fsp3) is 0.316. The minimum Gasteiger partial charge on any atom is -0.353 e. The largest absolute Gasteiger partial charge is 0.353 e. The molecule has 4 heterocycles. The van der Waals surface area contributed by atoms with Crippen LogP contribution in [-0.2, 0) is 6.42 Å². The maximum Gasteiger partial charge on any atom is 0.254 e. The molecule has 0 bridgehead atoms. The topological polar surface area (TPSA) is 75.3 Å². The van der Waals surface area contributed by atoms with Gasteiger partial charge < -0.3 is 9.80 Å². The zero-order valence-electron chi connectivity index (χ0n) is 15.9. The van der Waals surface area contributed by atoms with Crippen LogP contribution in [-0.4, -0.2) is 56.0 Å². The van der Waals surface area contributed by atoms with Crippen molar-refractivity contribution in [3.8, 4) is 0 Å². The van der Waals surface area contributed by atoms with Gasteiger partial charge in [-0.25, -0.2) is 9.37 Å². The Morgan fingerprint density at radius 3 is 2.59 bits per heavy atom. The molecule has 0 amide bonds. The molecule has 29 heavy (non-hydrogen) atoms. The number of hydrogen-bond donors (Lipinski definition) is 0. The first-order valence-electron chi connectivity index (χ1n) is 9.40. The van der Waals surface area contributed by atoms with Gasteiger partial charge in [0.15, 0.2) is 0 Å². The van der Waals surface area contributed by atoms with Gasteiger partial charge in [-0.05, 0) is 24.6 Å². The summed E-state index contributed by atoms with van der Waals surface area (Å²) in [5.74, 6) is 1.41. The number of anilines is 2. The number of halogens is 1. The van der Waals surface area contributed by atoms with Crippen molar-refractivity contribution >= 4 is 28.1 Å². The lowest BCUT2D eigenvalue weighted by atomic mass is 10.2. The van der Waals surface area contributed by atoms with Crippen molar-refractivity contribution in [2.45, 2.75) is 13.3 Å². The average molecular weight is 410 g/mol. The van der Waals surface area contributed by atoms with Crippen LogP contribution in [0.3, 0.4) is 0 Å². The summed E-state index contributed by atoms with van der Waals surface area (Å²) in [6.07, 6.45) is 2.20. The van der Waals surface area contributed by atoms with Crippen LogP contribution in [0.25, 0.3) is 5.78 Å². The molecule has 0 aliphatic carbocycles. The SMILES string of the molecule is Cc1cc(N2CCN(c3nnc(Cc4ccc(F)cc4)s3)CC2)n2ncnc2n1. The molecule has 1 aliphatic rings. The number of piperazine rings is 1. The van der Waals surface area contributed by atoms with E-state index in [-0.39, 0.29) is 5.82 Å². The molecule has 1 fully saturated rings. The van der Waals surface area contributed by atoms with E-state index >= 15 is 0 Å². The second-order valence-corrected chi connectivity index (χ2v) is 8.02. The molecule has 0 saturated carbocycles. The van der Waals surface area contributed by atoms with E-state index in [4.69, 9.17) is 0 Å². The van der Waals surface area contributed by atoms with Crippen molar-refractivity contribution in [1.29, 1.82) is 0 Å². The number of hydrogen-bond acceptors (Lipinski definition) is 8. The standard InChI is InChI=1S/C19H19FN8S/c1-13-10-17(28-18(23-13)21-12-22-28)26-6-8-27(9-7-26)19-25-24-16(29-19)11-14-2-4-15(20)5-3-14/h2-5,10,12H,6-9,11H2,1H3. The molecule has 3 aromatic heterocycles. The van der Waals surface area contributed by atoms with Crippen molar-refractivity contribution in [3.63, 3.8) is 0 Å². The van der Waals surface area contributed by atoms with Gasteiger partial charge in [0.2, 0.25) is 5.13 Å². The molecule has 0 unspecified atom stereocenters. The van der Waals surface area contributed by atoms with E-state index in [1.165, 1.54) is 18.5 Å². The Bertz CT molecular complexity index is 1130. The lowest BCUT2D eigenvalue weighted by molar-refractivity contribution is 0.627. The van der Waals surface area contributed by atoms with Crippen LogP contribution in [0.2, 0.25) is 0 Å². The highest BCUT2D eigenvalue weighted by Gasteiger charge is 2.22. The fourth-order valence-electron chi connectivity index (χ4n) is 3.48. The smallest absolute Gasteiger partial charge is 0.254 e. The Morgan fingerprint density at radius 2 is 1.79 bits per heavy atom. The highest BCUT2D eigenvalue weighted by molar-refractivity contribution is 7.15. The van der Waals surface area contributed by atoms with Gasteiger partial charge in [0.25, 0.3) is 5.78 Å². The van der Waals surface area contributed by atoms with E-state index in [1.54, 1.807) is 28.0 Å². The van der Waals surface area contributed by atoms with Crippen LogP contribution in [0.15, 0.2) is 36.7 Å². The lowest BCUT2D eigenvalue weighted by Crippen LogP contribution is -2.47. The summed E-state index contributed by atoms with van der Waals surface area (Å²) in [5, 5.41) is 14.9. The molecular formula is C19H19FN8S. The molecule has 0 N–H and O–H groups in total. The third kappa shape index (κ3) is 3.63. The maximum atomic E-state index is 13.1. The van der Waals surface area contributed by atoms with E-state index in [0.717, 1.165) is 53.4 Å². The second-order valence-electron chi connectivity index (χ2n) is 6.98. The number of aromatic nitrogens is 6. The Morgan fingerprint density at radius 1 is 1.03 bits per heavy atom. The summed E-state index contributed by atoms with van der Waals surface area (Å²) in [6, 6.07) is 8.57. The third-order valence-electron chi connectivity index (χ3n) is 4.96. The van der Waals surface area contributed by atoms with Gasteiger partial charge in [-0.15, -0.1) is 10.2 Å². The first-order valence-corrected chi connectivity index (χ1v) is 10.2. The Labute approximate surface area is 170 Å². The van der Waals surface area contributed by atoms with Crippen LogP contribution in [0.5, 0.6) is 0 Å². The van der Waals surface area contributed by atoms with Crippen LogP contribution in [0, 0.1) is 12.7 Å². The predicted molar refractivity (Wildman–Crippen MR) is 109 cm³/mol. The summed E-state index contributed by atoms with van der Waals surface area (Å²) in [6.45, 7) is 5.38.